The Morgan fingerprint density at radius 3 is 2.42 bits per heavy atom. The molecule has 0 aliphatic carbocycles. The van der Waals surface area contributed by atoms with Crippen molar-refractivity contribution in [2.75, 3.05) is 0 Å². The summed E-state index contributed by atoms with van der Waals surface area (Å²) in [6.45, 7) is 3.83. The lowest BCUT2D eigenvalue weighted by atomic mass is 9.59. The second kappa shape index (κ2) is 3.29. The molecule has 5 heteroatoms. The van der Waals surface area contributed by atoms with E-state index < -0.39 is 12.6 Å². The van der Waals surface area contributed by atoms with Crippen LogP contribution in [0.3, 0.4) is 0 Å². The average molecular weight is 168 g/mol. The van der Waals surface area contributed by atoms with Gasteiger partial charge >= 0.3 is 7.12 Å². The molecule has 4 nitrogen and oxygen atoms in total. The van der Waals surface area contributed by atoms with Gasteiger partial charge in [0.25, 0.3) is 0 Å². The van der Waals surface area contributed by atoms with Crippen LogP contribution in [0.25, 0.3) is 0 Å². The third-order valence-corrected chi connectivity index (χ3v) is 2.21. The fraction of sp³-hybridized carbons (Fsp3) is 0.571. The van der Waals surface area contributed by atoms with E-state index in [1.807, 2.05) is 13.8 Å². The summed E-state index contributed by atoms with van der Waals surface area (Å²) in [5.74, 6) is 0.0838. The standard InChI is InChI=1S/C7H13BN2O2/c1-6(2)7(8(11)12)3-4-9-5-10-7/h3-6,11-12H,1-2H3,(H,9,10). The molecule has 1 atom stereocenters. The van der Waals surface area contributed by atoms with Gasteiger partial charge in [0.05, 0.1) is 11.8 Å². The van der Waals surface area contributed by atoms with Crippen LogP contribution in [0.5, 0.6) is 0 Å². The molecule has 0 fully saturated rings. The lowest BCUT2D eigenvalue weighted by molar-refractivity contribution is 0.311. The lowest BCUT2D eigenvalue weighted by Crippen LogP contribution is -2.60. The van der Waals surface area contributed by atoms with Gasteiger partial charge in [0.15, 0.2) is 0 Å². The molecule has 0 saturated carbocycles. The molecule has 3 N–H and O–H groups in total. The molecule has 0 spiro atoms. The Morgan fingerprint density at radius 2 is 2.17 bits per heavy atom. The highest BCUT2D eigenvalue weighted by molar-refractivity contribution is 6.47. The Hall–Kier alpha value is -0.805. The molecule has 0 bridgehead atoms. The SMILES string of the molecule is CC(C)C1(B(O)O)C=CN=CN1. The van der Waals surface area contributed by atoms with Crippen molar-refractivity contribution >= 4 is 13.5 Å². The Morgan fingerprint density at radius 1 is 1.50 bits per heavy atom. The molecule has 1 aliphatic rings. The van der Waals surface area contributed by atoms with Crippen LogP contribution >= 0.6 is 0 Å². The minimum atomic E-state index is -1.42. The number of hydrogen-bond donors (Lipinski definition) is 3. The molecule has 0 aromatic rings. The van der Waals surface area contributed by atoms with Gasteiger partial charge in [-0.05, 0) is 12.0 Å². The van der Waals surface area contributed by atoms with E-state index in [-0.39, 0.29) is 5.92 Å². The van der Waals surface area contributed by atoms with Gasteiger partial charge in [-0.3, -0.25) is 0 Å². The predicted molar refractivity (Wildman–Crippen MR) is 48.5 cm³/mol. The summed E-state index contributed by atoms with van der Waals surface area (Å²) in [5.41, 5.74) is -0.790. The zero-order valence-electron chi connectivity index (χ0n) is 7.23. The zero-order chi connectivity index (χ0) is 9.19. The molecule has 1 rings (SSSR count). The van der Waals surface area contributed by atoms with Gasteiger partial charge in [-0.25, -0.2) is 4.99 Å². The summed E-state index contributed by atoms with van der Waals surface area (Å²) in [4.78, 5) is 3.80. The fourth-order valence-corrected chi connectivity index (χ4v) is 1.22. The molecule has 0 aromatic carbocycles. The van der Waals surface area contributed by atoms with Gasteiger partial charge in [-0.2, -0.15) is 0 Å². The molecule has 66 valence electrons. The van der Waals surface area contributed by atoms with Gasteiger partial charge in [0.2, 0.25) is 0 Å². The monoisotopic (exact) mass is 168 g/mol. The molecular formula is C7H13BN2O2. The average Bonchev–Trinajstić information content (AvgIpc) is 2.05. The van der Waals surface area contributed by atoms with Crippen LogP contribution in [0.4, 0.5) is 0 Å². The van der Waals surface area contributed by atoms with Gasteiger partial charge in [0.1, 0.15) is 0 Å². The molecule has 0 saturated heterocycles. The quantitative estimate of drug-likeness (QED) is 0.488. The highest BCUT2D eigenvalue weighted by Gasteiger charge is 2.42. The maximum atomic E-state index is 9.18. The summed E-state index contributed by atoms with van der Waals surface area (Å²) in [6.07, 6.45) is 4.71. The number of nitrogens with zero attached hydrogens (tertiary/aromatic N) is 1. The van der Waals surface area contributed by atoms with Crippen LogP contribution in [-0.2, 0) is 0 Å². The van der Waals surface area contributed by atoms with Crippen LogP contribution in [0, 0.1) is 5.92 Å². The van der Waals surface area contributed by atoms with Crippen molar-refractivity contribution in [3.8, 4) is 0 Å². The molecule has 0 radical (unpaired) electrons. The van der Waals surface area contributed by atoms with Crippen molar-refractivity contribution in [1.82, 2.24) is 5.32 Å². The van der Waals surface area contributed by atoms with Gasteiger partial charge in [-0.15, -0.1) is 0 Å². The highest BCUT2D eigenvalue weighted by Crippen LogP contribution is 2.21. The summed E-state index contributed by atoms with van der Waals surface area (Å²) >= 11 is 0. The first kappa shape index (κ1) is 9.28. The molecular weight excluding hydrogens is 155 g/mol. The van der Waals surface area contributed by atoms with Crippen LogP contribution in [0.1, 0.15) is 13.8 Å². The Bertz CT molecular complexity index is 205. The van der Waals surface area contributed by atoms with Crippen molar-refractivity contribution in [3.05, 3.63) is 12.3 Å². The van der Waals surface area contributed by atoms with Crippen molar-refractivity contribution in [1.29, 1.82) is 0 Å². The Kier molecular flexibility index (Phi) is 2.54. The van der Waals surface area contributed by atoms with Crippen molar-refractivity contribution < 1.29 is 10.0 Å². The van der Waals surface area contributed by atoms with E-state index in [0.29, 0.717) is 0 Å². The summed E-state index contributed by atoms with van der Waals surface area (Å²) < 4.78 is 0. The Balaban J connectivity index is 2.88. The normalized spacial score (nSPS) is 27.4. The topological polar surface area (TPSA) is 64.8 Å². The van der Waals surface area contributed by atoms with Crippen molar-refractivity contribution in [2.45, 2.75) is 19.3 Å². The van der Waals surface area contributed by atoms with Crippen LogP contribution in [-0.4, -0.2) is 28.9 Å². The predicted octanol–water partition coefficient (Wildman–Crippen LogP) is -0.462. The minimum absolute atomic E-state index is 0.0838. The summed E-state index contributed by atoms with van der Waals surface area (Å²) in [7, 11) is -1.42. The molecule has 1 heterocycles. The highest BCUT2D eigenvalue weighted by atomic mass is 16.4. The van der Waals surface area contributed by atoms with Gasteiger partial charge < -0.3 is 15.4 Å². The number of rotatable bonds is 2. The molecule has 1 aliphatic heterocycles. The lowest BCUT2D eigenvalue weighted by Gasteiger charge is -2.35. The molecule has 12 heavy (non-hydrogen) atoms. The Labute approximate surface area is 72.2 Å². The maximum absolute atomic E-state index is 9.18. The first-order valence-electron chi connectivity index (χ1n) is 3.93. The van der Waals surface area contributed by atoms with E-state index in [4.69, 9.17) is 0 Å². The molecule has 0 aromatic heterocycles. The van der Waals surface area contributed by atoms with Crippen molar-refractivity contribution in [2.24, 2.45) is 10.9 Å². The summed E-state index contributed by atoms with van der Waals surface area (Å²) in [6, 6.07) is 0. The van der Waals surface area contributed by atoms with E-state index in [1.54, 1.807) is 12.3 Å². The second-order valence-electron chi connectivity index (χ2n) is 3.20. The van der Waals surface area contributed by atoms with Crippen LogP contribution in [0.15, 0.2) is 17.3 Å². The summed E-state index contributed by atoms with van der Waals surface area (Å²) in [5, 5.41) is 21.2. The number of aliphatic imine (C=N–C) groups is 1. The van der Waals surface area contributed by atoms with Gasteiger partial charge in [0, 0.05) is 6.20 Å². The number of nitrogens with one attached hydrogen (secondary N) is 1. The number of hydrogen-bond acceptors (Lipinski definition) is 4. The third kappa shape index (κ3) is 1.37. The first-order valence-corrected chi connectivity index (χ1v) is 3.93. The van der Waals surface area contributed by atoms with E-state index in [2.05, 4.69) is 10.3 Å². The molecule has 1 unspecified atom stereocenters. The van der Waals surface area contributed by atoms with E-state index in [0.717, 1.165) is 0 Å². The van der Waals surface area contributed by atoms with Crippen LogP contribution < -0.4 is 5.32 Å². The van der Waals surface area contributed by atoms with E-state index in [9.17, 15) is 10.0 Å². The fourth-order valence-electron chi connectivity index (χ4n) is 1.22. The maximum Gasteiger partial charge on any atom is 0.483 e. The van der Waals surface area contributed by atoms with E-state index in [1.165, 1.54) is 6.34 Å². The smallest absolute Gasteiger partial charge is 0.425 e. The minimum Gasteiger partial charge on any atom is -0.425 e. The molecule has 0 amide bonds. The van der Waals surface area contributed by atoms with Gasteiger partial charge in [-0.1, -0.05) is 13.8 Å². The second-order valence-corrected chi connectivity index (χ2v) is 3.20. The zero-order valence-corrected chi connectivity index (χ0v) is 7.23. The van der Waals surface area contributed by atoms with Crippen molar-refractivity contribution in [3.63, 3.8) is 0 Å². The first-order chi connectivity index (χ1) is 5.59. The third-order valence-electron chi connectivity index (χ3n) is 2.21. The van der Waals surface area contributed by atoms with Crippen LogP contribution in [0.2, 0.25) is 0 Å². The van der Waals surface area contributed by atoms with E-state index >= 15 is 0 Å². The largest absolute Gasteiger partial charge is 0.483 e.